The SMILES string of the molecule is Cc1ccc(N2C(=O)[C@H](Cc3ccccc3Cl)S/C2=C(/C#N)C(=O)Nc2ccc(Br)cc2)cc1. The number of nitriles is 1. The number of carbonyl (C=O) groups is 2. The van der Waals surface area contributed by atoms with Crippen molar-refractivity contribution >= 4 is 62.5 Å². The minimum atomic E-state index is -0.573. The van der Waals surface area contributed by atoms with E-state index in [1.807, 2.05) is 55.5 Å². The summed E-state index contributed by atoms with van der Waals surface area (Å²) >= 11 is 10.9. The Labute approximate surface area is 215 Å². The molecule has 4 rings (SSSR count). The molecule has 1 saturated heterocycles. The maximum Gasteiger partial charge on any atom is 0.269 e. The van der Waals surface area contributed by atoms with Crippen molar-refractivity contribution in [1.82, 2.24) is 0 Å². The van der Waals surface area contributed by atoms with Gasteiger partial charge >= 0.3 is 0 Å². The number of thioether (sulfide) groups is 1. The first-order valence-electron chi connectivity index (χ1n) is 10.4. The molecule has 3 aromatic carbocycles. The number of carbonyl (C=O) groups excluding carboxylic acids is 2. The molecule has 0 saturated carbocycles. The van der Waals surface area contributed by atoms with Crippen LogP contribution >= 0.6 is 39.3 Å². The van der Waals surface area contributed by atoms with Crippen LogP contribution in [0, 0.1) is 18.3 Å². The van der Waals surface area contributed by atoms with E-state index in [4.69, 9.17) is 11.6 Å². The number of aryl methyl sites for hydroxylation is 1. The first kappa shape index (κ1) is 24.1. The van der Waals surface area contributed by atoms with Crippen LogP contribution in [0.1, 0.15) is 11.1 Å². The van der Waals surface area contributed by atoms with Crippen LogP contribution in [0.15, 0.2) is 87.9 Å². The van der Waals surface area contributed by atoms with Crippen molar-refractivity contribution in [3.8, 4) is 6.07 Å². The topological polar surface area (TPSA) is 73.2 Å². The maximum absolute atomic E-state index is 13.5. The van der Waals surface area contributed by atoms with Crippen LogP contribution in [0.4, 0.5) is 11.4 Å². The molecule has 3 aromatic rings. The lowest BCUT2D eigenvalue weighted by atomic mass is 10.1. The first-order chi connectivity index (χ1) is 16.4. The van der Waals surface area contributed by atoms with Crippen molar-refractivity contribution in [3.63, 3.8) is 0 Å². The Morgan fingerprint density at radius 2 is 1.79 bits per heavy atom. The van der Waals surface area contributed by atoms with E-state index < -0.39 is 11.2 Å². The number of benzene rings is 3. The van der Waals surface area contributed by atoms with Crippen molar-refractivity contribution in [2.45, 2.75) is 18.6 Å². The number of halogens is 2. The van der Waals surface area contributed by atoms with Gasteiger partial charge in [0, 0.05) is 20.9 Å². The van der Waals surface area contributed by atoms with E-state index in [9.17, 15) is 14.9 Å². The first-order valence-corrected chi connectivity index (χ1v) is 12.4. The fraction of sp³-hybridized carbons (Fsp3) is 0.115. The predicted molar refractivity (Wildman–Crippen MR) is 141 cm³/mol. The quantitative estimate of drug-likeness (QED) is 0.291. The second-order valence-electron chi connectivity index (χ2n) is 7.66. The van der Waals surface area contributed by atoms with E-state index in [0.29, 0.717) is 27.8 Å². The van der Waals surface area contributed by atoms with Crippen molar-refractivity contribution in [3.05, 3.63) is 104 Å². The number of amides is 2. The van der Waals surface area contributed by atoms with Gasteiger partial charge in [0.25, 0.3) is 5.91 Å². The highest BCUT2D eigenvalue weighted by Gasteiger charge is 2.41. The molecule has 5 nitrogen and oxygen atoms in total. The second-order valence-corrected chi connectivity index (χ2v) is 10.2. The Bertz CT molecular complexity index is 1320. The summed E-state index contributed by atoms with van der Waals surface area (Å²) in [5.41, 5.74) is 2.89. The molecule has 1 N–H and O–H groups in total. The molecule has 2 amide bonds. The summed E-state index contributed by atoms with van der Waals surface area (Å²) in [6, 6.07) is 23.8. The van der Waals surface area contributed by atoms with Gasteiger partial charge in [0.05, 0.1) is 5.25 Å². The Kier molecular flexibility index (Phi) is 7.42. The summed E-state index contributed by atoms with van der Waals surface area (Å²) in [5.74, 6) is -0.774. The molecule has 1 heterocycles. The van der Waals surface area contributed by atoms with Gasteiger partial charge in [-0.2, -0.15) is 5.26 Å². The van der Waals surface area contributed by atoms with Crippen molar-refractivity contribution < 1.29 is 9.59 Å². The predicted octanol–water partition coefficient (Wildman–Crippen LogP) is 6.48. The number of anilines is 2. The standard InChI is InChI=1S/C26H19BrClN3O2S/c1-16-6-12-20(13-7-16)31-25(33)23(14-17-4-2-3-5-22(17)28)34-26(31)21(15-29)24(32)30-19-10-8-18(27)9-11-19/h2-13,23H,14H2,1H3,(H,30,32)/b26-21-/t23-/m0/s1. The molecular weight excluding hydrogens is 534 g/mol. The number of nitrogens with one attached hydrogen (secondary N) is 1. The number of nitrogens with zero attached hydrogens (tertiary/aromatic N) is 2. The lowest BCUT2D eigenvalue weighted by molar-refractivity contribution is -0.117. The molecule has 0 spiro atoms. The molecule has 1 atom stereocenters. The van der Waals surface area contributed by atoms with Gasteiger partial charge in [0.1, 0.15) is 16.7 Å². The van der Waals surface area contributed by atoms with Crippen LogP contribution in [0.3, 0.4) is 0 Å². The minimum absolute atomic E-state index is 0.122. The molecule has 0 bridgehead atoms. The molecule has 8 heteroatoms. The van der Waals surface area contributed by atoms with E-state index >= 15 is 0 Å². The zero-order valence-electron chi connectivity index (χ0n) is 18.1. The average molecular weight is 553 g/mol. The minimum Gasteiger partial charge on any atom is -0.321 e. The third-order valence-corrected chi connectivity index (χ3v) is 7.42. The summed E-state index contributed by atoms with van der Waals surface area (Å²) in [4.78, 5) is 28.1. The highest BCUT2D eigenvalue weighted by atomic mass is 79.9. The van der Waals surface area contributed by atoms with E-state index in [1.54, 1.807) is 30.3 Å². The van der Waals surface area contributed by atoms with Crippen molar-refractivity contribution in [1.29, 1.82) is 5.26 Å². The molecular formula is C26H19BrClN3O2S. The highest BCUT2D eigenvalue weighted by Crippen LogP contribution is 2.42. The Morgan fingerprint density at radius 3 is 2.44 bits per heavy atom. The van der Waals surface area contributed by atoms with Gasteiger partial charge in [-0.3, -0.25) is 14.5 Å². The van der Waals surface area contributed by atoms with Crippen LogP contribution in [-0.2, 0) is 16.0 Å². The lowest BCUT2D eigenvalue weighted by Gasteiger charge is -2.19. The van der Waals surface area contributed by atoms with Crippen LogP contribution < -0.4 is 10.2 Å². The van der Waals surface area contributed by atoms with Crippen LogP contribution in [-0.4, -0.2) is 17.1 Å². The zero-order valence-corrected chi connectivity index (χ0v) is 21.2. The van der Waals surface area contributed by atoms with Crippen molar-refractivity contribution in [2.75, 3.05) is 10.2 Å². The summed E-state index contributed by atoms with van der Waals surface area (Å²) in [6.07, 6.45) is 0.377. The summed E-state index contributed by atoms with van der Waals surface area (Å²) in [7, 11) is 0. The second kappa shape index (κ2) is 10.5. The number of hydrogen-bond acceptors (Lipinski definition) is 4. The van der Waals surface area contributed by atoms with Gasteiger partial charge in [0.2, 0.25) is 5.91 Å². The zero-order chi connectivity index (χ0) is 24.2. The molecule has 1 fully saturated rings. The van der Waals surface area contributed by atoms with Crippen LogP contribution in [0.2, 0.25) is 5.02 Å². The fourth-order valence-corrected chi connectivity index (χ4v) is 5.28. The van der Waals surface area contributed by atoms with Gasteiger partial charge in [-0.25, -0.2) is 0 Å². The summed E-state index contributed by atoms with van der Waals surface area (Å²) < 4.78 is 0.870. The molecule has 1 aliphatic heterocycles. The Balaban J connectivity index is 1.73. The smallest absolute Gasteiger partial charge is 0.269 e. The molecule has 0 aromatic heterocycles. The molecule has 0 aliphatic carbocycles. The molecule has 1 aliphatic rings. The van der Waals surface area contributed by atoms with E-state index in [0.717, 1.165) is 15.6 Å². The van der Waals surface area contributed by atoms with Gasteiger partial charge in [0.15, 0.2) is 0 Å². The number of rotatable bonds is 5. The third-order valence-electron chi connectivity index (χ3n) is 5.26. The lowest BCUT2D eigenvalue weighted by Crippen LogP contribution is -2.31. The maximum atomic E-state index is 13.5. The van der Waals surface area contributed by atoms with E-state index in [1.165, 1.54) is 16.7 Å². The largest absolute Gasteiger partial charge is 0.321 e. The van der Waals surface area contributed by atoms with E-state index in [2.05, 4.69) is 21.2 Å². The van der Waals surface area contributed by atoms with Gasteiger partial charge in [-0.1, -0.05) is 75.2 Å². The Morgan fingerprint density at radius 1 is 1.12 bits per heavy atom. The molecule has 170 valence electrons. The van der Waals surface area contributed by atoms with Crippen LogP contribution in [0.5, 0.6) is 0 Å². The van der Waals surface area contributed by atoms with E-state index in [-0.39, 0.29) is 11.5 Å². The van der Waals surface area contributed by atoms with Gasteiger partial charge in [-0.05, 0) is 61.4 Å². The van der Waals surface area contributed by atoms with Crippen LogP contribution in [0.25, 0.3) is 0 Å². The average Bonchev–Trinajstić information content (AvgIpc) is 3.13. The monoisotopic (exact) mass is 551 g/mol. The van der Waals surface area contributed by atoms with Gasteiger partial charge < -0.3 is 5.32 Å². The summed E-state index contributed by atoms with van der Waals surface area (Å²) in [5, 5.41) is 13.1. The number of hydrogen-bond donors (Lipinski definition) is 1. The Hall–Kier alpha value is -3.05. The highest BCUT2D eigenvalue weighted by molar-refractivity contribution is 9.10. The normalized spacial score (nSPS) is 16.8. The molecule has 0 radical (unpaired) electrons. The fourth-order valence-electron chi connectivity index (χ4n) is 3.51. The molecule has 0 unspecified atom stereocenters. The van der Waals surface area contributed by atoms with Gasteiger partial charge in [-0.15, -0.1) is 0 Å². The van der Waals surface area contributed by atoms with Crippen molar-refractivity contribution in [2.24, 2.45) is 0 Å². The summed E-state index contributed by atoms with van der Waals surface area (Å²) in [6.45, 7) is 1.95. The third kappa shape index (κ3) is 5.20. The molecule has 34 heavy (non-hydrogen) atoms.